The molecule has 0 spiro atoms. The zero-order valence-corrected chi connectivity index (χ0v) is 23.6. The molecule has 1 aromatic rings. The number of allylic oxidation sites excluding steroid dienone is 7. The SMILES string of the molecule is C=CN1C[C@H](c2c(F)ccc(NS(=O)(=O)C3=C(\C)CCC=C/C(Cl)=C\3)c2F)CC/C1=C(/C)C(C)=O.CC. The summed E-state index contributed by atoms with van der Waals surface area (Å²) in [6.45, 7) is 12.8. The summed E-state index contributed by atoms with van der Waals surface area (Å²) in [7, 11) is -4.18. The monoisotopic (exact) mass is 552 g/mol. The Morgan fingerprint density at radius 3 is 2.51 bits per heavy atom. The third-order valence-corrected chi connectivity index (χ3v) is 8.17. The summed E-state index contributed by atoms with van der Waals surface area (Å²) in [5, 5.41) is 0.237. The first-order valence-electron chi connectivity index (χ1n) is 12.3. The highest BCUT2D eigenvalue weighted by Crippen LogP contribution is 2.38. The lowest BCUT2D eigenvalue weighted by molar-refractivity contribution is -0.113. The number of piperidine rings is 1. The van der Waals surface area contributed by atoms with E-state index in [-0.39, 0.29) is 33.5 Å². The van der Waals surface area contributed by atoms with Gasteiger partial charge in [-0.3, -0.25) is 9.52 Å². The number of ketones is 1. The number of rotatable bonds is 6. The lowest BCUT2D eigenvalue weighted by atomic mass is 9.87. The van der Waals surface area contributed by atoms with Gasteiger partial charge < -0.3 is 4.90 Å². The molecule has 37 heavy (non-hydrogen) atoms. The van der Waals surface area contributed by atoms with Gasteiger partial charge in [0.05, 0.1) is 10.6 Å². The molecule has 0 radical (unpaired) electrons. The number of halogens is 3. The summed E-state index contributed by atoms with van der Waals surface area (Å²) >= 11 is 6.11. The van der Waals surface area contributed by atoms with E-state index in [1.54, 1.807) is 24.8 Å². The minimum atomic E-state index is -4.18. The predicted octanol–water partition coefficient (Wildman–Crippen LogP) is 7.67. The summed E-state index contributed by atoms with van der Waals surface area (Å²) in [6.07, 6.45) is 8.26. The van der Waals surface area contributed by atoms with Crippen molar-refractivity contribution in [3.8, 4) is 0 Å². The molecule has 1 aliphatic heterocycles. The van der Waals surface area contributed by atoms with Crippen molar-refractivity contribution in [2.24, 2.45) is 0 Å². The van der Waals surface area contributed by atoms with Crippen LogP contribution in [0.2, 0.25) is 0 Å². The number of anilines is 1. The van der Waals surface area contributed by atoms with Gasteiger partial charge in [0.25, 0.3) is 10.0 Å². The Morgan fingerprint density at radius 1 is 1.22 bits per heavy atom. The molecule has 1 aromatic carbocycles. The molecule has 1 saturated heterocycles. The Kier molecular flexibility index (Phi) is 10.9. The molecule has 9 heteroatoms. The number of carbonyl (C=O) groups is 1. The van der Waals surface area contributed by atoms with Crippen molar-refractivity contribution in [1.82, 2.24) is 4.90 Å². The highest BCUT2D eigenvalue weighted by atomic mass is 35.5. The van der Waals surface area contributed by atoms with Gasteiger partial charge in [0.15, 0.2) is 11.6 Å². The maximum Gasteiger partial charge on any atom is 0.261 e. The fourth-order valence-corrected chi connectivity index (χ4v) is 6.03. The largest absolute Gasteiger partial charge is 0.351 e. The molecule has 2 aliphatic rings. The van der Waals surface area contributed by atoms with Gasteiger partial charge in [-0.1, -0.05) is 43.7 Å². The molecule has 202 valence electrons. The van der Waals surface area contributed by atoms with Crippen molar-refractivity contribution >= 4 is 33.1 Å². The lowest BCUT2D eigenvalue weighted by Gasteiger charge is -2.35. The standard InChI is InChI=1S/C26H29ClF2N2O3S.C2H6/c1-5-31-15-19(10-13-23(31)17(3)18(4)32)25-21(28)11-12-22(26(25)29)30-35(33,34)24-14-20(27)9-7-6-8-16(24)2;1-2/h5,7,9,11-12,14,19,30H,1,6,8,10,13,15H2,2-4H3;1-2H3/b9-7?,20-14+,23-17+,24-16+;/t19-;/m1./s1. The Bertz CT molecular complexity index is 1280. The summed E-state index contributed by atoms with van der Waals surface area (Å²) in [6, 6.07) is 2.14. The van der Waals surface area contributed by atoms with Crippen LogP contribution in [0, 0.1) is 11.6 Å². The van der Waals surface area contributed by atoms with E-state index in [1.807, 2.05) is 19.9 Å². The van der Waals surface area contributed by atoms with E-state index in [0.717, 1.165) is 17.8 Å². The second-order valence-corrected chi connectivity index (χ2v) is 10.8. The molecule has 1 N–H and O–H groups in total. The maximum atomic E-state index is 15.6. The number of benzene rings is 1. The number of likely N-dealkylation sites (tertiary alicyclic amines) is 1. The van der Waals surface area contributed by atoms with Crippen LogP contribution in [-0.4, -0.2) is 25.6 Å². The van der Waals surface area contributed by atoms with Crippen LogP contribution >= 0.6 is 11.6 Å². The highest BCUT2D eigenvalue weighted by Gasteiger charge is 2.31. The zero-order valence-electron chi connectivity index (χ0n) is 22.0. The predicted molar refractivity (Wildman–Crippen MR) is 148 cm³/mol. The second-order valence-electron chi connectivity index (χ2n) is 8.74. The molecule has 3 rings (SSSR count). The van der Waals surface area contributed by atoms with Crippen molar-refractivity contribution < 1.29 is 22.0 Å². The van der Waals surface area contributed by atoms with E-state index in [0.29, 0.717) is 36.8 Å². The maximum absolute atomic E-state index is 15.6. The van der Waals surface area contributed by atoms with Gasteiger partial charge in [-0.05, 0) is 76.9 Å². The molecule has 1 fully saturated rings. The van der Waals surface area contributed by atoms with E-state index in [2.05, 4.69) is 11.3 Å². The first-order chi connectivity index (χ1) is 17.5. The number of nitrogens with one attached hydrogen (secondary N) is 1. The van der Waals surface area contributed by atoms with E-state index in [9.17, 15) is 17.6 Å². The van der Waals surface area contributed by atoms with Crippen LogP contribution in [0.15, 0.2) is 69.9 Å². The van der Waals surface area contributed by atoms with Crippen molar-refractivity contribution in [2.75, 3.05) is 11.3 Å². The van der Waals surface area contributed by atoms with Crippen LogP contribution in [0.4, 0.5) is 14.5 Å². The second kappa shape index (κ2) is 13.2. The van der Waals surface area contributed by atoms with E-state index in [4.69, 9.17) is 11.6 Å². The van der Waals surface area contributed by atoms with Crippen molar-refractivity contribution in [2.45, 2.75) is 66.2 Å². The molecule has 0 bridgehead atoms. The normalized spacial score (nSPS) is 23.1. The number of hydrogen-bond acceptors (Lipinski definition) is 4. The van der Waals surface area contributed by atoms with Crippen molar-refractivity contribution in [1.29, 1.82) is 0 Å². The summed E-state index contributed by atoms with van der Waals surface area (Å²) < 4.78 is 59.1. The molecule has 0 aromatic heterocycles. The Morgan fingerprint density at radius 2 is 1.89 bits per heavy atom. The number of hydrogen-bond donors (Lipinski definition) is 1. The zero-order chi connectivity index (χ0) is 27.9. The Labute approximate surface area is 224 Å². The van der Waals surface area contributed by atoms with Crippen LogP contribution in [0.5, 0.6) is 0 Å². The number of Topliss-reactive ketones (excluding diaryl/α,β-unsaturated/α-hetero) is 1. The molecule has 0 saturated carbocycles. The van der Waals surface area contributed by atoms with Crippen LogP contribution < -0.4 is 4.72 Å². The van der Waals surface area contributed by atoms with Crippen LogP contribution in [-0.2, 0) is 14.8 Å². The van der Waals surface area contributed by atoms with E-state index >= 15 is 4.39 Å². The number of sulfonamides is 1. The quantitative estimate of drug-likeness (QED) is 0.368. The van der Waals surface area contributed by atoms with Crippen molar-refractivity contribution in [3.63, 3.8) is 0 Å². The molecular weight excluding hydrogens is 518 g/mol. The average molecular weight is 553 g/mol. The van der Waals surface area contributed by atoms with Gasteiger partial charge in [-0.15, -0.1) is 0 Å². The highest BCUT2D eigenvalue weighted by molar-refractivity contribution is 7.96. The fourth-order valence-electron chi connectivity index (χ4n) is 4.36. The Hall–Kier alpha value is -2.71. The minimum absolute atomic E-state index is 0.0397. The van der Waals surface area contributed by atoms with E-state index in [1.165, 1.54) is 19.2 Å². The van der Waals surface area contributed by atoms with Gasteiger partial charge >= 0.3 is 0 Å². The number of nitrogens with zero attached hydrogens (tertiary/aromatic N) is 1. The molecule has 0 unspecified atom stereocenters. The van der Waals surface area contributed by atoms with Crippen molar-refractivity contribution in [3.05, 3.63) is 87.1 Å². The molecule has 1 aliphatic carbocycles. The molecule has 5 nitrogen and oxygen atoms in total. The average Bonchev–Trinajstić information content (AvgIpc) is 2.86. The summed E-state index contributed by atoms with van der Waals surface area (Å²) in [4.78, 5) is 13.5. The van der Waals surface area contributed by atoms with Crippen LogP contribution in [0.1, 0.15) is 71.8 Å². The minimum Gasteiger partial charge on any atom is -0.351 e. The van der Waals surface area contributed by atoms with Gasteiger partial charge in [0, 0.05) is 34.3 Å². The van der Waals surface area contributed by atoms with Gasteiger partial charge in [0.1, 0.15) is 5.82 Å². The Balaban J connectivity index is 0.00000235. The number of carbonyl (C=O) groups excluding carboxylic acids is 1. The van der Waals surface area contributed by atoms with Crippen LogP contribution in [0.25, 0.3) is 0 Å². The first-order valence-corrected chi connectivity index (χ1v) is 14.2. The molecular formula is C28H35ClF2N2O3S. The first kappa shape index (κ1) is 30.5. The molecule has 0 amide bonds. The van der Waals surface area contributed by atoms with Crippen LogP contribution in [0.3, 0.4) is 0 Å². The molecule has 1 heterocycles. The van der Waals surface area contributed by atoms with Gasteiger partial charge in [-0.25, -0.2) is 17.2 Å². The van der Waals surface area contributed by atoms with E-state index < -0.39 is 27.6 Å². The summed E-state index contributed by atoms with van der Waals surface area (Å²) in [5.74, 6) is -2.37. The smallest absolute Gasteiger partial charge is 0.261 e. The lowest BCUT2D eigenvalue weighted by Crippen LogP contribution is -2.31. The van der Waals surface area contributed by atoms with Gasteiger partial charge in [0.2, 0.25) is 0 Å². The van der Waals surface area contributed by atoms with Gasteiger partial charge in [-0.2, -0.15) is 0 Å². The topological polar surface area (TPSA) is 66.5 Å². The molecule has 1 atom stereocenters. The summed E-state index contributed by atoms with van der Waals surface area (Å²) in [5.41, 5.74) is 1.39. The fraction of sp³-hybridized carbons (Fsp3) is 0.393. The third kappa shape index (κ3) is 7.20. The third-order valence-electron chi connectivity index (χ3n) is 6.40.